The standard InChI is InChI=1S/C36H52O2P.HI/c1-6-27-37-36(38-28-7-2)14-12-10-8-9-11-13-29-39(33-21-15-30(3)16-22-33,34-23-17-31(4)18-24-34)35-25-19-32(5)20-26-35;/h15-26,36H,6-14,27-29H2,1-5H3;1H/q+1;/p-1. The van der Waals surface area contributed by atoms with Gasteiger partial charge in [0.05, 0.1) is 6.16 Å². The molecule has 0 unspecified atom stereocenters. The van der Waals surface area contributed by atoms with Crippen LogP contribution in [0.25, 0.3) is 0 Å². The molecule has 220 valence electrons. The average Bonchev–Trinajstić information content (AvgIpc) is 2.95. The van der Waals surface area contributed by atoms with E-state index in [4.69, 9.17) is 9.47 Å². The molecule has 0 atom stereocenters. The van der Waals surface area contributed by atoms with E-state index in [9.17, 15) is 0 Å². The van der Waals surface area contributed by atoms with E-state index >= 15 is 0 Å². The second kappa shape index (κ2) is 19.0. The van der Waals surface area contributed by atoms with Crippen molar-refractivity contribution in [3.05, 3.63) is 89.5 Å². The van der Waals surface area contributed by atoms with E-state index in [0.717, 1.165) is 32.5 Å². The molecule has 0 aliphatic rings. The Morgan fingerprint density at radius 2 is 0.875 bits per heavy atom. The van der Waals surface area contributed by atoms with Crippen molar-refractivity contribution in [2.45, 2.75) is 98.7 Å². The van der Waals surface area contributed by atoms with Crippen molar-refractivity contribution in [2.24, 2.45) is 0 Å². The van der Waals surface area contributed by atoms with Crippen LogP contribution in [-0.4, -0.2) is 25.7 Å². The lowest BCUT2D eigenvalue weighted by Crippen LogP contribution is -3.00. The molecule has 0 amide bonds. The molecule has 0 heterocycles. The minimum absolute atomic E-state index is 0. The van der Waals surface area contributed by atoms with Gasteiger partial charge in [-0.25, -0.2) is 0 Å². The predicted octanol–water partition coefficient (Wildman–Crippen LogP) is 5.82. The van der Waals surface area contributed by atoms with E-state index in [1.165, 1.54) is 77.3 Å². The summed E-state index contributed by atoms with van der Waals surface area (Å²) in [7, 11) is -1.74. The molecule has 40 heavy (non-hydrogen) atoms. The Balaban J connectivity index is 0.00000560. The van der Waals surface area contributed by atoms with Crippen molar-refractivity contribution < 1.29 is 33.5 Å². The monoisotopic (exact) mass is 674 g/mol. The van der Waals surface area contributed by atoms with Gasteiger partial charge in [-0.1, -0.05) is 86.2 Å². The van der Waals surface area contributed by atoms with Crippen molar-refractivity contribution in [1.82, 2.24) is 0 Å². The maximum atomic E-state index is 5.91. The van der Waals surface area contributed by atoms with E-state index in [-0.39, 0.29) is 30.3 Å². The normalized spacial score (nSPS) is 11.6. The summed E-state index contributed by atoms with van der Waals surface area (Å²) in [5, 5.41) is 4.52. The van der Waals surface area contributed by atoms with Gasteiger partial charge in [-0.3, -0.25) is 0 Å². The summed E-state index contributed by atoms with van der Waals surface area (Å²) in [6.45, 7) is 12.5. The first-order chi connectivity index (χ1) is 19.0. The van der Waals surface area contributed by atoms with E-state index in [1.54, 1.807) is 0 Å². The summed E-state index contributed by atoms with van der Waals surface area (Å²) < 4.78 is 11.8. The van der Waals surface area contributed by atoms with E-state index in [0.29, 0.717) is 0 Å². The number of rotatable bonds is 18. The highest BCUT2D eigenvalue weighted by molar-refractivity contribution is 7.95. The number of hydrogen-bond acceptors (Lipinski definition) is 2. The van der Waals surface area contributed by atoms with Gasteiger partial charge in [-0.2, -0.15) is 0 Å². The third-order valence-electron chi connectivity index (χ3n) is 7.62. The second-order valence-corrected chi connectivity index (χ2v) is 14.7. The van der Waals surface area contributed by atoms with Gasteiger partial charge < -0.3 is 33.5 Å². The third kappa shape index (κ3) is 10.5. The molecule has 0 aliphatic heterocycles. The molecular weight excluding hydrogens is 622 g/mol. The van der Waals surface area contributed by atoms with Gasteiger partial charge >= 0.3 is 0 Å². The van der Waals surface area contributed by atoms with Crippen LogP contribution < -0.4 is 39.9 Å². The molecule has 3 aromatic carbocycles. The van der Waals surface area contributed by atoms with Gasteiger partial charge in [-0.05, 0) is 95.7 Å². The van der Waals surface area contributed by atoms with E-state index < -0.39 is 7.26 Å². The topological polar surface area (TPSA) is 18.5 Å². The smallest absolute Gasteiger partial charge is 0.157 e. The van der Waals surface area contributed by atoms with Crippen molar-refractivity contribution in [2.75, 3.05) is 19.4 Å². The minimum Gasteiger partial charge on any atom is -1.00 e. The molecule has 4 heteroatoms. The predicted molar refractivity (Wildman–Crippen MR) is 173 cm³/mol. The van der Waals surface area contributed by atoms with Crippen molar-refractivity contribution in [1.29, 1.82) is 0 Å². The largest absolute Gasteiger partial charge is 1.00 e. The van der Waals surface area contributed by atoms with Crippen LogP contribution in [0.15, 0.2) is 72.8 Å². The zero-order valence-electron chi connectivity index (χ0n) is 25.6. The lowest BCUT2D eigenvalue weighted by molar-refractivity contribution is -0.146. The molecule has 0 saturated heterocycles. The second-order valence-electron chi connectivity index (χ2n) is 11.1. The van der Waals surface area contributed by atoms with Crippen LogP contribution >= 0.6 is 7.26 Å². The summed E-state index contributed by atoms with van der Waals surface area (Å²) in [4.78, 5) is 0. The fourth-order valence-electron chi connectivity index (χ4n) is 5.31. The summed E-state index contributed by atoms with van der Waals surface area (Å²) in [5.41, 5.74) is 3.98. The lowest BCUT2D eigenvalue weighted by atomic mass is 10.1. The molecule has 2 nitrogen and oxygen atoms in total. The van der Waals surface area contributed by atoms with Gasteiger partial charge in [0.1, 0.15) is 23.2 Å². The SMILES string of the molecule is CCCOC(CCCCCCCC[P+](c1ccc(C)cc1)(c1ccc(C)cc1)c1ccc(C)cc1)OCCC.[I-]. The molecular formula is C36H52IO2P. The minimum atomic E-state index is -1.74. The Labute approximate surface area is 263 Å². The van der Waals surface area contributed by atoms with Crippen LogP contribution in [0.2, 0.25) is 0 Å². The van der Waals surface area contributed by atoms with E-state index in [1.807, 2.05) is 0 Å². The molecule has 3 aromatic rings. The molecule has 0 aromatic heterocycles. The Hall–Kier alpha value is -1.26. The molecule has 0 radical (unpaired) electrons. The van der Waals surface area contributed by atoms with Gasteiger partial charge in [0.15, 0.2) is 6.29 Å². The first-order valence-electron chi connectivity index (χ1n) is 15.3. The Kier molecular flexibility index (Phi) is 16.6. The lowest BCUT2D eigenvalue weighted by Gasteiger charge is -2.28. The zero-order valence-corrected chi connectivity index (χ0v) is 28.7. The summed E-state index contributed by atoms with van der Waals surface area (Å²) in [6.07, 6.45) is 11.9. The van der Waals surface area contributed by atoms with Gasteiger partial charge in [0, 0.05) is 13.2 Å². The molecule has 3 rings (SSSR count). The Bertz CT molecular complexity index is 945. The number of ether oxygens (including phenoxy) is 2. The van der Waals surface area contributed by atoms with Crippen molar-refractivity contribution >= 4 is 23.2 Å². The fourth-order valence-corrected chi connectivity index (χ4v) is 9.65. The highest BCUT2D eigenvalue weighted by atomic mass is 127. The van der Waals surface area contributed by atoms with Crippen LogP contribution in [0.1, 0.15) is 88.3 Å². The first-order valence-corrected chi connectivity index (χ1v) is 17.3. The van der Waals surface area contributed by atoms with Crippen molar-refractivity contribution in [3.8, 4) is 0 Å². The number of halogens is 1. The molecule has 0 fully saturated rings. The van der Waals surface area contributed by atoms with Gasteiger partial charge in [-0.15, -0.1) is 0 Å². The summed E-state index contributed by atoms with van der Waals surface area (Å²) in [5.74, 6) is 0. The molecule has 0 saturated carbocycles. The third-order valence-corrected chi connectivity index (χ3v) is 12.1. The number of benzene rings is 3. The average molecular weight is 675 g/mol. The van der Waals surface area contributed by atoms with Crippen LogP contribution in [0, 0.1) is 20.8 Å². The van der Waals surface area contributed by atoms with Crippen LogP contribution in [-0.2, 0) is 9.47 Å². The quantitative estimate of drug-likeness (QED) is 0.0734. The molecule has 0 spiro atoms. The summed E-state index contributed by atoms with van der Waals surface area (Å²) in [6, 6.07) is 28.2. The van der Waals surface area contributed by atoms with Crippen LogP contribution in [0.4, 0.5) is 0 Å². The van der Waals surface area contributed by atoms with Gasteiger partial charge in [0.2, 0.25) is 0 Å². The van der Waals surface area contributed by atoms with Gasteiger partial charge in [0.25, 0.3) is 0 Å². The van der Waals surface area contributed by atoms with E-state index in [2.05, 4.69) is 107 Å². The maximum Gasteiger partial charge on any atom is 0.157 e. The van der Waals surface area contributed by atoms with Crippen LogP contribution in [0.5, 0.6) is 0 Å². The highest BCUT2D eigenvalue weighted by Crippen LogP contribution is 2.56. The summed E-state index contributed by atoms with van der Waals surface area (Å²) >= 11 is 0. The maximum absolute atomic E-state index is 5.91. The highest BCUT2D eigenvalue weighted by Gasteiger charge is 2.44. The fraction of sp³-hybridized carbons (Fsp3) is 0.500. The Morgan fingerprint density at radius 3 is 1.25 bits per heavy atom. The number of unbranched alkanes of at least 4 members (excludes halogenated alkanes) is 5. The molecule has 0 bridgehead atoms. The first kappa shape index (κ1) is 34.9. The number of hydrogen-bond donors (Lipinski definition) is 0. The Morgan fingerprint density at radius 1 is 0.525 bits per heavy atom. The molecule has 0 aliphatic carbocycles. The molecule has 0 N–H and O–H groups in total. The van der Waals surface area contributed by atoms with Crippen LogP contribution in [0.3, 0.4) is 0 Å². The number of aryl methyl sites for hydroxylation is 3. The zero-order chi connectivity index (χ0) is 27.9. The van der Waals surface area contributed by atoms with Crippen molar-refractivity contribution in [3.63, 3.8) is 0 Å².